The standard InChI is InChI=1S/C12H11NO5/c1-3-11(15)13-8-4-5-9(12(16)17)10(6-8)18-7(2)14/h3-6H,1H2,2H3,(H,13,15)(H,16,17). The first-order valence-electron chi connectivity index (χ1n) is 4.93. The molecule has 0 radical (unpaired) electrons. The summed E-state index contributed by atoms with van der Waals surface area (Å²) in [4.78, 5) is 32.8. The van der Waals surface area contributed by atoms with E-state index >= 15 is 0 Å². The van der Waals surface area contributed by atoms with E-state index in [1.54, 1.807) is 0 Å². The second-order valence-electron chi connectivity index (χ2n) is 3.30. The topological polar surface area (TPSA) is 92.7 Å². The first-order chi connectivity index (χ1) is 8.43. The van der Waals surface area contributed by atoms with Crippen LogP contribution in [0.1, 0.15) is 17.3 Å². The second kappa shape index (κ2) is 5.62. The third-order valence-electron chi connectivity index (χ3n) is 1.92. The van der Waals surface area contributed by atoms with Crippen LogP contribution < -0.4 is 10.1 Å². The van der Waals surface area contributed by atoms with Crippen LogP contribution in [0.15, 0.2) is 30.9 Å². The summed E-state index contributed by atoms with van der Waals surface area (Å²) in [6, 6.07) is 3.88. The van der Waals surface area contributed by atoms with Crippen LogP contribution in [0.2, 0.25) is 0 Å². The Morgan fingerprint density at radius 3 is 2.56 bits per heavy atom. The maximum Gasteiger partial charge on any atom is 0.339 e. The Balaban J connectivity index is 3.12. The molecule has 0 fully saturated rings. The van der Waals surface area contributed by atoms with Crippen LogP contribution in [-0.4, -0.2) is 23.0 Å². The van der Waals surface area contributed by atoms with Crippen LogP contribution in [0.3, 0.4) is 0 Å². The molecule has 94 valence electrons. The number of anilines is 1. The Hall–Kier alpha value is -2.63. The van der Waals surface area contributed by atoms with Crippen LogP contribution in [0.5, 0.6) is 5.75 Å². The lowest BCUT2D eigenvalue weighted by Gasteiger charge is -2.08. The van der Waals surface area contributed by atoms with Gasteiger partial charge in [-0.1, -0.05) is 6.58 Å². The van der Waals surface area contributed by atoms with Gasteiger partial charge in [-0.05, 0) is 18.2 Å². The van der Waals surface area contributed by atoms with Crippen molar-refractivity contribution in [2.45, 2.75) is 6.92 Å². The maximum absolute atomic E-state index is 11.1. The van der Waals surface area contributed by atoms with E-state index < -0.39 is 17.8 Å². The highest BCUT2D eigenvalue weighted by atomic mass is 16.5. The number of rotatable bonds is 4. The van der Waals surface area contributed by atoms with E-state index in [2.05, 4.69) is 11.9 Å². The van der Waals surface area contributed by atoms with Crippen molar-refractivity contribution in [2.24, 2.45) is 0 Å². The van der Waals surface area contributed by atoms with Crippen LogP contribution >= 0.6 is 0 Å². The molecule has 0 aliphatic carbocycles. The summed E-state index contributed by atoms with van der Waals surface area (Å²) < 4.78 is 4.77. The predicted octanol–water partition coefficient (Wildman–Crippen LogP) is 1.43. The molecule has 6 nitrogen and oxygen atoms in total. The van der Waals surface area contributed by atoms with Gasteiger partial charge >= 0.3 is 11.9 Å². The molecule has 1 amide bonds. The van der Waals surface area contributed by atoms with Gasteiger partial charge in [-0.2, -0.15) is 0 Å². The van der Waals surface area contributed by atoms with Gasteiger partial charge in [0, 0.05) is 18.7 Å². The van der Waals surface area contributed by atoms with Crippen LogP contribution in [-0.2, 0) is 9.59 Å². The van der Waals surface area contributed by atoms with Gasteiger partial charge in [-0.25, -0.2) is 4.79 Å². The summed E-state index contributed by atoms with van der Waals surface area (Å²) in [5.41, 5.74) is 0.142. The van der Waals surface area contributed by atoms with E-state index in [-0.39, 0.29) is 11.3 Å². The van der Waals surface area contributed by atoms with Gasteiger partial charge in [0.2, 0.25) is 5.91 Å². The van der Waals surface area contributed by atoms with E-state index in [0.717, 1.165) is 13.0 Å². The molecule has 18 heavy (non-hydrogen) atoms. The smallest absolute Gasteiger partial charge is 0.339 e. The Kier molecular flexibility index (Phi) is 4.20. The van der Waals surface area contributed by atoms with Crippen LogP contribution in [0.4, 0.5) is 5.69 Å². The molecule has 1 aromatic rings. The third-order valence-corrected chi connectivity index (χ3v) is 1.92. The summed E-state index contributed by atoms with van der Waals surface area (Å²) in [7, 11) is 0. The van der Waals surface area contributed by atoms with Crippen molar-refractivity contribution in [3.8, 4) is 5.75 Å². The van der Waals surface area contributed by atoms with Crippen LogP contribution in [0, 0.1) is 0 Å². The van der Waals surface area contributed by atoms with Gasteiger partial charge in [0.25, 0.3) is 0 Å². The fourth-order valence-electron chi connectivity index (χ4n) is 1.21. The number of amides is 1. The highest BCUT2D eigenvalue weighted by Gasteiger charge is 2.14. The number of ether oxygens (including phenoxy) is 1. The molecule has 0 aliphatic rings. The van der Waals surface area contributed by atoms with Gasteiger partial charge < -0.3 is 15.2 Å². The Bertz CT molecular complexity index is 521. The van der Waals surface area contributed by atoms with Crippen molar-refractivity contribution in [1.82, 2.24) is 0 Å². The van der Waals surface area contributed by atoms with E-state index in [4.69, 9.17) is 9.84 Å². The number of benzene rings is 1. The lowest BCUT2D eigenvalue weighted by Crippen LogP contribution is -2.10. The Morgan fingerprint density at radius 1 is 1.39 bits per heavy atom. The second-order valence-corrected chi connectivity index (χ2v) is 3.30. The minimum absolute atomic E-state index is 0.128. The quantitative estimate of drug-likeness (QED) is 0.478. The summed E-state index contributed by atoms with van der Waals surface area (Å²) >= 11 is 0. The SMILES string of the molecule is C=CC(=O)Nc1ccc(C(=O)O)c(OC(C)=O)c1. The highest BCUT2D eigenvalue weighted by molar-refractivity contribution is 6.00. The summed E-state index contributed by atoms with van der Waals surface area (Å²) in [6.07, 6.45) is 1.07. The van der Waals surface area contributed by atoms with Crippen molar-refractivity contribution >= 4 is 23.5 Å². The molecule has 2 N–H and O–H groups in total. The molecule has 0 bridgehead atoms. The fourth-order valence-corrected chi connectivity index (χ4v) is 1.21. The maximum atomic E-state index is 11.1. The van der Waals surface area contributed by atoms with E-state index in [1.807, 2.05) is 0 Å². The summed E-state index contributed by atoms with van der Waals surface area (Å²) in [5, 5.41) is 11.3. The number of carbonyl (C=O) groups excluding carboxylic acids is 2. The average molecular weight is 249 g/mol. The summed E-state index contributed by atoms with van der Waals surface area (Å²) in [5.74, 6) is -2.46. The van der Waals surface area contributed by atoms with Crippen molar-refractivity contribution < 1.29 is 24.2 Å². The monoisotopic (exact) mass is 249 g/mol. The molecular formula is C12H11NO5. The normalized spacial score (nSPS) is 9.39. The molecule has 6 heteroatoms. The zero-order chi connectivity index (χ0) is 13.7. The number of carbonyl (C=O) groups is 3. The van der Waals surface area contributed by atoms with E-state index in [1.165, 1.54) is 18.2 Å². The number of hydrogen-bond donors (Lipinski definition) is 2. The average Bonchev–Trinajstić information content (AvgIpc) is 2.27. The first kappa shape index (κ1) is 13.4. The molecule has 0 spiro atoms. The predicted molar refractivity (Wildman–Crippen MR) is 63.5 cm³/mol. The number of aromatic carboxylic acids is 1. The van der Waals surface area contributed by atoms with Crippen molar-refractivity contribution in [3.63, 3.8) is 0 Å². The molecule has 0 saturated carbocycles. The van der Waals surface area contributed by atoms with E-state index in [9.17, 15) is 14.4 Å². The number of carboxylic acids is 1. The molecule has 0 heterocycles. The Labute approximate surface area is 103 Å². The van der Waals surface area contributed by atoms with Crippen molar-refractivity contribution in [1.29, 1.82) is 0 Å². The molecule has 0 aromatic heterocycles. The van der Waals surface area contributed by atoms with Gasteiger partial charge in [0.15, 0.2) is 0 Å². The highest BCUT2D eigenvalue weighted by Crippen LogP contribution is 2.23. The molecular weight excluding hydrogens is 238 g/mol. The summed E-state index contributed by atoms with van der Waals surface area (Å²) in [6.45, 7) is 4.44. The van der Waals surface area contributed by atoms with Crippen molar-refractivity contribution in [2.75, 3.05) is 5.32 Å². The van der Waals surface area contributed by atoms with Crippen LogP contribution in [0.25, 0.3) is 0 Å². The third kappa shape index (κ3) is 3.44. The minimum atomic E-state index is -1.23. The van der Waals surface area contributed by atoms with E-state index in [0.29, 0.717) is 5.69 Å². The molecule has 1 rings (SSSR count). The number of esters is 1. The van der Waals surface area contributed by atoms with Crippen molar-refractivity contribution in [3.05, 3.63) is 36.4 Å². The minimum Gasteiger partial charge on any atom is -0.478 e. The lowest BCUT2D eigenvalue weighted by atomic mass is 10.2. The fraction of sp³-hybridized carbons (Fsp3) is 0.0833. The number of nitrogens with one attached hydrogen (secondary N) is 1. The molecule has 0 atom stereocenters. The number of hydrogen-bond acceptors (Lipinski definition) is 4. The molecule has 0 unspecified atom stereocenters. The van der Waals surface area contributed by atoms with Gasteiger partial charge in [-0.15, -0.1) is 0 Å². The number of carboxylic acid groups (broad SMARTS) is 1. The molecule has 1 aromatic carbocycles. The van der Waals surface area contributed by atoms with Gasteiger partial charge in [0.05, 0.1) is 0 Å². The molecule has 0 aliphatic heterocycles. The lowest BCUT2D eigenvalue weighted by molar-refractivity contribution is -0.131. The Morgan fingerprint density at radius 2 is 2.06 bits per heavy atom. The molecule has 0 saturated heterocycles. The zero-order valence-electron chi connectivity index (χ0n) is 9.60. The zero-order valence-corrected chi connectivity index (χ0v) is 9.60. The largest absolute Gasteiger partial charge is 0.478 e. The van der Waals surface area contributed by atoms with Gasteiger partial charge in [-0.3, -0.25) is 9.59 Å². The van der Waals surface area contributed by atoms with Gasteiger partial charge in [0.1, 0.15) is 11.3 Å². The first-order valence-corrected chi connectivity index (χ1v) is 4.93.